The molecule has 0 aromatic heterocycles. The summed E-state index contributed by atoms with van der Waals surface area (Å²) < 4.78 is 10.4. The van der Waals surface area contributed by atoms with Gasteiger partial charge < -0.3 is 9.47 Å². The average Bonchev–Trinajstić information content (AvgIpc) is 2.55. The van der Waals surface area contributed by atoms with Crippen LogP contribution in [0.5, 0.6) is 11.5 Å². The van der Waals surface area contributed by atoms with Crippen LogP contribution in [-0.4, -0.2) is 14.2 Å². The van der Waals surface area contributed by atoms with Crippen LogP contribution in [0, 0.1) is 0 Å². The van der Waals surface area contributed by atoms with E-state index in [1.807, 2.05) is 36.4 Å². The van der Waals surface area contributed by atoms with Gasteiger partial charge in [0.05, 0.1) is 14.2 Å². The van der Waals surface area contributed by atoms with Crippen molar-refractivity contribution in [1.82, 2.24) is 0 Å². The Bertz CT molecular complexity index is 620. The number of hydrogen-bond donors (Lipinski definition) is 0. The number of methoxy groups -OCH3 is 2. The van der Waals surface area contributed by atoms with Gasteiger partial charge in [-0.15, -0.1) is 46.4 Å². The Morgan fingerprint density at radius 2 is 1.13 bits per heavy atom. The maximum absolute atomic E-state index is 6.08. The molecule has 0 fully saturated rings. The lowest BCUT2D eigenvalue weighted by atomic mass is 10.2. The quantitative estimate of drug-likeness (QED) is 0.486. The van der Waals surface area contributed by atoms with Crippen molar-refractivity contribution in [3.05, 3.63) is 47.5 Å². The number of rotatable bonds is 6. The molecule has 0 atom stereocenters. The van der Waals surface area contributed by atoms with E-state index in [0.717, 1.165) is 20.9 Å². The number of alkyl halides is 4. The topological polar surface area (TPSA) is 18.5 Å². The van der Waals surface area contributed by atoms with Crippen molar-refractivity contribution in [3.8, 4) is 11.5 Å². The lowest BCUT2D eigenvalue weighted by Crippen LogP contribution is -1.93. The van der Waals surface area contributed by atoms with Crippen molar-refractivity contribution >= 4 is 58.2 Å². The molecule has 0 bridgehead atoms. The first-order valence-corrected chi connectivity index (χ1v) is 9.12. The van der Waals surface area contributed by atoms with Gasteiger partial charge >= 0.3 is 0 Å². The zero-order chi connectivity index (χ0) is 17.0. The summed E-state index contributed by atoms with van der Waals surface area (Å²) in [5.41, 5.74) is 1.53. The molecule has 0 saturated carbocycles. The van der Waals surface area contributed by atoms with E-state index in [1.165, 1.54) is 11.8 Å². The zero-order valence-corrected chi connectivity index (χ0v) is 16.2. The smallest absolute Gasteiger partial charge is 0.134 e. The first-order chi connectivity index (χ1) is 11.0. The summed E-state index contributed by atoms with van der Waals surface area (Å²) in [4.78, 5) is 0.469. The molecule has 0 spiro atoms. The number of halogens is 4. The summed E-state index contributed by atoms with van der Waals surface area (Å²) >= 11 is 25.8. The molecule has 0 aliphatic heterocycles. The highest BCUT2D eigenvalue weighted by molar-refractivity contribution is 7.99. The van der Waals surface area contributed by atoms with Gasteiger partial charge in [-0.05, 0) is 36.4 Å². The molecule has 2 aromatic rings. The van der Waals surface area contributed by atoms with Gasteiger partial charge in [0.15, 0.2) is 0 Å². The third-order valence-electron chi connectivity index (χ3n) is 3.12. The Morgan fingerprint density at radius 1 is 0.739 bits per heavy atom. The fraction of sp³-hybridized carbons (Fsp3) is 0.250. The highest BCUT2D eigenvalue weighted by Crippen LogP contribution is 2.43. The van der Waals surface area contributed by atoms with Gasteiger partial charge in [-0.3, -0.25) is 0 Å². The van der Waals surface area contributed by atoms with Crippen LogP contribution >= 0.6 is 58.2 Å². The molecule has 0 amide bonds. The van der Waals surface area contributed by atoms with Crippen LogP contribution in [0.4, 0.5) is 0 Å². The van der Waals surface area contributed by atoms with Crippen LogP contribution in [-0.2, 0) is 0 Å². The third kappa shape index (κ3) is 4.77. The monoisotopic (exact) mass is 410 g/mol. The van der Waals surface area contributed by atoms with E-state index in [2.05, 4.69) is 0 Å². The van der Waals surface area contributed by atoms with E-state index in [4.69, 9.17) is 55.9 Å². The van der Waals surface area contributed by atoms with Crippen LogP contribution in [0.25, 0.3) is 0 Å². The zero-order valence-electron chi connectivity index (χ0n) is 12.4. The number of benzene rings is 2. The Kier molecular flexibility index (Phi) is 7.05. The van der Waals surface area contributed by atoms with Gasteiger partial charge in [0.2, 0.25) is 0 Å². The van der Waals surface area contributed by atoms with Gasteiger partial charge in [0.1, 0.15) is 21.2 Å². The molecular formula is C16H14Cl4O2S. The van der Waals surface area contributed by atoms with E-state index in [1.54, 1.807) is 14.2 Å². The Labute approximate surface area is 160 Å². The SMILES string of the molecule is COc1ccc(Sc2ccc(OC)cc2C(Cl)Cl)c(C(Cl)Cl)c1. The normalized spacial score (nSPS) is 11.1. The van der Waals surface area contributed by atoms with Crippen molar-refractivity contribution < 1.29 is 9.47 Å². The maximum atomic E-state index is 6.08. The Morgan fingerprint density at radius 3 is 1.43 bits per heavy atom. The first-order valence-electron chi connectivity index (χ1n) is 6.56. The van der Waals surface area contributed by atoms with E-state index in [9.17, 15) is 0 Å². The molecule has 7 heteroatoms. The molecule has 23 heavy (non-hydrogen) atoms. The fourth-order valence-corrected chi connectivity index (χ4v) is 4.03. The Hall–Kier alpha value is -0.450. The van der Waals surface area contributed by atoms with Crippen LogP contribution in [0.15, 0.2) is 46.2 Å². The first kappa shape index (κ1) is 18.9. The molecule has 2 rings (SSSR count). The van der Waals surface area contributed by atoms with Crippen molar-refractivity contribution in [2.45, 2.75) is 19.5 Å². The van der Waals surface area contributed by atoms with Crippen molar-refractivity contribution in [2.75, 3.05) is 14.2 Å². The van der Waals surface area contributed by atoms with E-state index in [0.29, 0.717) is 11.5 Å². The molecule has 0 unspecified atom stereocenters. The number of ether oxygens (including phenoxy) is 2. The molecule has 0 saturated heterocycles. The molecule has 124 valence electrons. The van der Waals surface area contributed by atoms with Crippen molar-refractivity contribution in [1.29, 1.82) is 0 Å². The molecule has 2 aromatic carbocycles. The molecule has 0 aliphatic rings. The predicted molar refractivity (Wildman–Crippen MR) is 99.0 cm³/mol. The Balaban J connectivity index is 2.43. The molecule has 0 radical (unpaired) electrons. The molecular weight excluding hydrogens is 398 g/mol. The highest BCUT2D eigenvalue weighted by atomic mass is 35.5. The summed E-state index contributed by atoms with van der Waals surface area (Å²) in [6.07, 6.45) is 0. The standard InChI is InChI=1S/C16H14Cl4O2S/c1-21-9-3-5-13(11(7-9)15(17)18)23-14-6-4-10(22-2)8-12(14)16(19)20/h3-8,15-16H,1-2H3. The molecule has 0 N–H and O–H groups in total. The molecule has 2 nitrogen and oxygen atoms in total. The number of hydrogen-bond acceptors (Lipinski definition) is 3. The second-order valence-electron chi connectivity index (χ2n) is 4.51. The second-order valence-corrected chi connectivity index (χ2v) is 7.79. The van der Waals surface area contributed by atoms with Gasteiger partial charge in [0.25, 0.3) is 0 Å². The summed E-state index contributed by atoms with van der Waals surface area (Å²) in [5, 5.41) is 0. The average molecular weight is 412 g/mol. The summed E-state index contributed by atoms with van der Waals surface area (Å²) in [6, 6.07) is 11.1. The summed E-state index contributed by atoms with van der Waals surface area (Å²) in [6.45, 7) is 0. The fourth-order valence-electron chi connectivity index (χ4n) is 1.95. The minimum absolute atomic E-state index is 0.669. The van der Waals surface area contributed by atoms with Crippen LogP contribution in [0.3, 0.4) is 0 Å². The minimum atomic E-state index is -0.669. The molecule has 0 heterocycles. The van der Waals surface area contributed by atoms with E-state index in [-0.39, 0.29) is 0 Å². The predicted octanol–water partition coefficient (Wildman–Crippen LogP) is 6.81. The maximum Gasteiger partial charge on any atom is 0.134 e. The summed E-state index contributed by atoms with van der Waals surface area (Å²) in [7, 11) is 3.19. The van der Waals surface area contributed by atoms with E-state index >= 15 is 0 Å². The van der Waals surface area contributed by atoms with Crippen LogP contribution < -0.4 is 9.47 Å². The van der Waals surface area contributed by atoms with Gasteiger partial charge in [-0.1, -0.05) is 11.8 Å². The second kappa shape index (κ2) is 8.59. The van der Waals surface area contributed by atoms with Crippen LogP contribution in [0.1, 0.15) is 20.8 Å². The lowest BCUT2D eigenvalue weighted by Gasteiger charge is -2.15. The lowest BCUT2D eigenvalue weighted by molar-refractivity contribution is 0.414. The van der Waals surface area contributed by atoms with Gasteiger partial charge in [-0.2, -0.15) is 0 Å². The van der Waals surface area contributed by atoms with Crippen molar-refractivity contribution in [2.24, 2.45) is 0 Å². The van der Waals surface area contributed by atoms with Gasteiger partial charge in [-0.25, -0.2) is 0 Å². The highest BCUT2D eigenvalue weighted by Gasteiger charge is 2.17. The molecule has 0 aliphatic carbocycles. The van der Waals surface area contributed by atoms with Gasteiger partial charge in [0, 0.05) is 20.9 Å². The van der Waals surface area contributed by atoms with E-state index < -0.39 is 9.67 Å². The largest absolute Gasteiger partial charge is 0.497 e. The minimum Gasteiger partial charge on any atom is -0.497 e. The summed E-state index contributed by atoms with van der Waals surface area (Å²) in [5.74, 6) is 1.39. The third-order valence-corrected chi connectivity index (χ3v) is 5.25. The van der Waals surface area contributed by atoms with Crippen LogP contribution in [0.2, 0.25) is 0 Å². The van der Waals surface area contributed by atoms with Crippen molar-refractivity contribution in [3.63, 3.8) is 0 Å².